The lowest BCUT2D eigenvalue weighted by atomic mass is 10.0. The van der Waals surface area contributed by atoms with Crippen molar-refractivity contribution in [3.05, 3.63) is 54.1 Å². The zero-order valence-electron chi connectivity index (χ0n) is 27.3. The second-order valence-electron chi connectivity index (χ2n) is 12.8. The van der Waals surface area contributed by atoms with Crippen molar-refractivity contribution >= 4 is 27.5 Å². The van der Waals surface area contributed by atoms with Crippen LogP contribution in [0.3, 0.4) is 0 Å². The van der Waals surface area contributed by atoms with Crippen LogP contribution in [-0.4, -0.2) is 119 Å². The molecule has 14 heteroatoms. The molecular weight excluding hydrogens is 626 g/mol. The number of alkyl carbamates (subject to hydrolysis) is 1. The SMILES string of the molecule is CC(C)CN(C[C@@H](O)[C@H](Cc1ccccc1)NC(=O)O[C@H]1CO[C@H]2OCC[C@H]21)S(=O)(=O)c1ccc(N)c(NCCN2CCOCC2)c1. The van der Waals surface area contributed by atoms with Crippen molar-refractivity contribution in [3.63, 3.8) is 0 Å². The maximum Gasteiger partial charge on any atom is 0.407 e. The number of hydrogen-bond acceptors (Lipinski definition) is 11. The smallest absolute Gasteiger partial charge is 0.407 e. The number of amides is 1. The third-order valence-electron chi connectivity index (χ3n) is 8.78. The van der Waals surface area contributed by atoms with Gasteiger partial charge in [0, 0.05) is 39.3 Å². The molecule has 0 aromatic heterocycles. The number of hydrogen-bond donors (Lipinski definition) is 4. The molecule has 0 saturated carbocycles. The molecule has 3 fully saturated rings. The van der Waals surface area contributed by atoms with E-state index in [4.69, 9.17) is 24.7 Å². The number of sulfonamides is 1. The van der Waals surface area contributed by atoms with E-state index in [9.17, 15) is 18.3 Å². The number of carbonyl (C=O) groups is 1. The molecule has 5 N–H and O–H groups in total. The number of nitrogen functional groups attached to an aromatic ring is 1. The average Bonchev–Trinajstić information content (AvgIpc) is 3.67. The van der Waals surface area contributed by atoms with Gasteiger partial charge in [0.25, 0.3) is 0 Å². The molecular formula is C33H49N5O8S. The highest BCUT2D eigenvalue weighted by atomic mass is 32.2. The van der Waals surface area contributed by atoms with E-state index in [1.54, 1.807) is 12.1 Å². The van der Waals surface area contributed by atoms with Gasteiger partial charge >= 0.3 is 6.09 Å². The molecule has 47 heavy (non-hydrogen) atoms. The van der Waals surface area contributed by atoms with E-state index < -0.39 is 34.4 Å². The van der Waals surface area contributed by atoms with Crippen LogP contribution in [0.15, 0.2) is 53.4 Å². The van der Waals surface area contributed by atoms with Gasteiger partial charge in [-0.05, 0) is 42.5 Å². The zero-order chi connectivity index (χ0) is 33.4. The normalized spacial score (nSPS) is 23.0. The monoisotopic (exact) mass is 675 g/mol. The van der Waals surface area contributed by atoms with Crippen LogP contribution in [0.4, 0.5) is 16.2 Å². The molecule has 0 unspecified atom stereocenters. The number of aliphatic hydroxyl groups is 1. The van der Waals surface area contributed by atoms with Gasteiger partial charge in [-0.15, -0.1) is 0 Å². The minimum Gasteiger partial charge on any atom is -0.443 e. The number of aliphatic hydroxyl groups excluding tert-OH is 1. The zero-order valence-corrected chi connectivity index (χ0v) is 28.1. The number of fused-ring (bicyclic) bond motifs is 1. The number of ether oxygens (including phenoxy) is 4. The van der Waals surface area contributed by atoms with Crippen LogP contribution < -0.4 is 16.4 Å². The molecule has 3 saturated heterocycles. The summed E-state index contributed by atoms with van der Waals surface area (Å²) in [4.78, 5) is 15.5. The number of nitrogens with zero attached hydrogens (tertiary/aromatic N) is 2. The van der Waals surface area contributed by atoms with Crippen molar-refractivity contribution in [1.82, 2.24) is 14.5 Å². The van der Waals surface area contributed by atoms with Gasteiger partial charge in [-0.25, -0.2) is 13.2 Å². The maximum absolute atomic E-state index is 14.1. The van der Waals surface area contributed by atoms with Gasteiger partial charge in [-0.2, -0.15) is 4.31 Å². The highest BCUT2D eigenvalue weighted by Gasteiger charge is 2.44. The largest absolute Gasteiger partial charge is 0.443 e. The molecule has 0 spiro atoms. The third kappa shape index (κ3) is 9.56. The van der Waals surface area contributed by atoms with Gasteiger partial charge in [0.15, 0.2) is 6.29 Å². The molecule has 5 atom stereocenters. The quantitative estimate of drug-likeness (QED) is 0.205. The van der Waals surface area contributed by atoms with Gasteiger partial charge in [0.1, 0.15) is 6.10 Å². The number of carbonyl (C=O) groups excluding carboxylic acids is 1. The van der Waals surface area contributed by atoms with Crippen LogP contribution in [0.1, 0.15) is 25.8 Å². The summed E-state index contributed by atoms with van der Waals surface area (Å²) in [6, 6.07) is 13.2. The minimum atomic E-state index is -4.06. The molecule has 3 heterocycles. The predicted molar refractivity (Wildman–Crippen MR) is 177 cm³/mol. The van der Waals surface area contributed by atoms with Gasteiger partial charge in [-0.3, -0.25) is 4.90 Å². The molecule has 0 bridgehead atoms. The van der Waals surface area contributed by atoms with Gasteiger partial charge in [0.2, 0.25) is 10.0 Å². The van der Waals surface area contributed by atoms with Crippen LogP contribution in [-0.2, 0) is 35.4 Å². The molecule has 3 aliphatic rings. The highest BCUT2D eigenvalue weighted by Crippen LogP contribution is 2.33. The fourth-order valence-electron chi connectivity index (χ4n) is 6.21. The van der Waals surface area contributed by atoms with E-state index in [1.165, 1.54) is 10.4 Å². The maximum atomic E-state index is 14.1. The fraction of sp³-hybridized carbons (Fsp3) is 0.606. The summed E-state index contributed by atoms with van der Waals surface area (Å²) in [6.45, 7) is 8.98. The Hall–Kier alpha value is -2.98. The first-order valence-electron chi connectivity index (χ1n) is 16.5. The van der Waals surface area contributed by atoms with Gasteiger partial charge < -0.3 is 40.4 Å². The Bertz CT molecular complexity index is 1410. The lowest BCUT2D eigenvalue weighted by Gasteiger charge is -2.31. The molecule has 1 amide bonds. The van der Waals surface area contributed by atoms with Crippen molar-refractivity contribution in [3.8, 4) is 0 Å². The van der Waals surface area contributed by atoms with Crippen molar-refractivity contribution in [2.45, 2.75) is 56.1 Å². The van der Waals surface area contributed by atoms with E-state index in [0.717, 1.165) is 31.6 Å². The number of nitrogens with two attached hydrogens (primary N) is 1. The summed E-state index contributed by atoms with van der Waals surface area (Å²) in [6.07, 6.45) is -1.78. The summed E-state index contributed by atoms with van der Waals surface area (Å²) >= 11 is 0. The summed E-state index contributed by atoms with van der Waals surface area (Å²) in [5.74, 6) is -0.0742. The minimum absolute atomic E-state index is 0.0358. The van der Waals surface area contributed by atoms with Crippen LogP contribution in [0.2, 0.25) is 0 Å². The Morgan fingerprint density at radius 1 is 1.11 bits per heavy atom. The third-order valence-corrected chi connectivity index (χ3v) is 10.6. The van der Waals surface area contributed by atoms with Crippen LogP contribution >= 0.6 is 0 Å². The number of nitrogens with one attached hydrogen (secondary N) is 2. The number of benzene rings is 2. The van der Waals surface area contributed by atoms with Gasteiger partial charge in [0.05, 0.1) is 60.8 Å². The lowest BCUT2D eigenvalue weighted by Crippen LogP contribution is -2.51. The van der Waals surface area contributed by atoms with Crippen LogP contribution in [0.5, 0.6) is 0 Å². The van der Waals surface area contributed by atoms with Crippen molar-refractivity contribution < 1.29 is 37.3 Å². The molecule has 260 valence electrons. The highest BCUT2D eigenvalue weighted by molar-refractivity contribution is 7.89. The molecule has 13 nitrogen and oxygen atoms in total. The van der Waals surface area contributed by atoms with Gasteiger partial charge in [-0.1, -0.05) is 44.2 Å². The first-order chi connectivity index (χ1) is 22.6. The van der Waals surface area contributed by atoms with E-state index in [1.807, 2.05) is 44.2 Å². The van der Waals surface area contributed by atoms with E-state index in [2.05, 4.69) is 15.5 Å². The second kappa shape index (κ2) is 16.4. The van der Waals surface area contributed by atoms with E-state index in [-0.39, 0.29) is 49.1 Å². The second-order valence-corrected chi connectivity index (χ2v) is 14.8. The van der Waals surface area contributed by atoms with Crippen molar-refractivity contribution in [2.75, 3.05) is 76.7 Å². The first kappa shape index (κ1) is 35.3. The van der Waals surface area contributed by atoms with E-state index in [0.29, 0.717) is 37.7 Å². The summed E-state index contributed by atoms with van der Waals surface area (Å²) < 4.78 is 51.8. The molecule has 3 aliphatic heterocycles. The number of rotatable bonds is 15. The lowest BCUT2D eigenvalue weighted by molar-refractivity contribution is -0.0907. The first-order valence-corrected chi connectivity index (χ1v) is 17.9. The van der Waals surface area contributed by atoms with E-state index >= 15 is 0 Å². The Labute approximate surface area is 277 Å². The average molecular weight is 676 g/mol. The van der Waals surface area contributed by atoms with Crippen molar-refractivity contribution in [1.29, 1.82) is 0 Å². The standard InChI is InChI=1S/C33H49N5O8S/c1-23(2)20-38(47(41,42)25-8-9-27(34)28(19-25)35-11-12-37-13-16-43-17-14-37)21-30(39)29(18-24-6-4-3-5-7-24)36-33(40)46-31-22-45-32-26(31)10-15-44-32/h3-9,19,23,26,29-32,35,39H,10-18,20-22,34H2,1-2H3,(H,36,40)/t26-,29-,30+,31-,32+/m0/s1. The summed E-state index contributed by atoms with van der Waals surface area (Å²) in [5, 5.41) is 17.7. The Balaban J connectivity index is 1.29. The summed E-state index contributed by atoms with van der Waals surface area (Å²) in [5.41, 5.74) is 8.06. The van der Waals surface area contributed by atoms with Crippen LogP contribution in [0, 0.1) is 11.8 Å². The molecule has 2 aromatic rings. The fourth-order valence-corrected chi connectivity index (χ4v) is 7.86. The number of anilines is 2. The predicted octanol–water partition coefficient (Wildman–Crippen LogP) is 2.12. The summed E-state index contributed by atoms with van der Waals surface area (Å²) in [7, 11) is -4.06. The molecule has 0 aliphatic carbocycles. The molecule has 2 aromatic carbocycles. The van der Waals surface area contributed by atoms with Crippen LogP contribution in [0.25, 0.3) is 0 Å². The van der Waals surface area contributed by atoms with Crippen molar-refractivity contribution in [2.24, 2.45) is 11.8 Å². The Morgan fingerprint density at radius 3 is 2.62 bits per heavy atom. The Morgan fingerprint density at radius 2 is 1.87 bits per heavy atom. The topological polar surface area (TPSA) is 165 Å². The Kier molecular flexibility index (Phi) is 12.3. The molecule has 0 radical (unpaired) electrons. The number of morpholine rings is 1. The molecule has 5 rings (SSSR count).